The topological polar surface area (TPSA) is 26.3 Å². The van der Waals surface area contributed by atoms with E-state index in [0.717, 1.165) is 20.7 Å². The summed E-state index contributed by atoms with van der Waals surface area (Å²) in [4.78, 5) is 12.3. The van der Waals surface area contributed by atoms with Crippen molar-refractivity contribution >= 4 is 35.5 Å². The summed E-state index contributed by atoms with van der Waals surface area (Å²) in [5, 5.41) is 1.30. The molecule has 0 bridgehead atoms. The lowest BCUT2D eigenvalue weighted by molar-refractivity contribution is 0.102. The Labute approximate surface area is 125 Å². The van der Waals surface area contributed by atoms with Gasteiger partial charge in [-0.3, -0.25) is 4.79 Å². The number of hydrogen-bond donors (Lipinski definition) is 0. The molecule has 2 aromatic rings. The number of hydrogen-bond acceptors (Lipinski definition) is 3. The minimum Gasteiger partial charge on any atom is -0.543 e. The molecule has 1 heterocycles. The molecule has 0 aliphatic carbocycles. The average molecular weight is 307 g/mol. The van der Waals surface area contributed by atoms with Crippen molar-refractivity contribution in [2.75, 3.05) is 0 Å². The van der Waals surface area contributed by atoms with Crippen molar-refractivity contribution in [3.05, 3.63) is 29.1 Å². The first-order chi connectivity index (χ1) is 9.10. The lowest BCUT2D eigenvalue weighted by Crippen LogP contribution is -2.43. The van der Waals surface area contributed by atoms with E-state index in [1.54, 1.807) is 6.92 Å². The Balaban J connectivity index is 2.35. The van der Waals surface area contributed by atoms with Crippen LogP contribution in [-0.2, 0) is 0 Å². The monoisotopic (exact) mass is 306 g/mol. The van der Waals surface area contributed by atoms with Crippen LogP contribution in [0.25, 0.3) is 10.1 Å². The molecule has 4 heteroatoms. The van der Waals surface area contributed by atoms with Crippen LogP contribution in [0.4, 0.5) is 0 Å². The molecule has 0 unspecified atom stereocenters. The Morgan fingerprint density at radius 1 is 1.20 bits per heavy atom. The minimum absolute atomic E-state index is 0.123. The van der Waals surface area contributed by atoms with Crippen molar-refractivity contribution in [2.24, 2.45) is 0 Å². The Hall–Kier alpha value is -1.13. The standard InChI is InChI=1S/C16H22O2SSi/c1-11(17)14-9-12-7-8-13(10-15(12)19-14)18-20(5,6)16(2,3)4/h7-10H,1-6H3. The largest absolute Gasteiger partial charge is 0.543 e. The summed E-state index contributed by atoms with van der Waals surface area (Å²) in [6.07, 6.45) is 0. The highest BCUT2D eigenvalue weighted by Crippen LogP contribution is 2.38. The van der Waals surface area contributed by atoms with Gasteiger partial charge in [-0.15, -0.1) is 11.3 Å². The molecule has 0 saturated heterocycles. The number of rotatable bonds is 3. The molecule has 108 valence electrons. The molecule has 1 aromatic carbocycles. The van der Waals surface area contributed by atoms with Gasteiger partial charge in [0.05, 0.1) is 4.88 Å². The molecule has 0 N–H and O–H groups in total. The summed E-state index contributed by atoms with van der Waals surface area (Å²) in [7, 11) is -1.81. The number of fused-ring (bicyclic) bond motifs is 1. The first-order valence-electron chi connectivity index (χ1n) is 6.84. The number of ketones is 1. The van der Waals surface area contributed by atoms with Gasteiger partial charge in [0.25, 0.3) is 0 Å². The van der Waals surface area contributed by atoms with E-state index in [0.29, 0.717) is 0 Å². The molecule has 0 spiro atoms. The molecular weight excluding hydrogens is 284 g/mol. The molecule has 0 atom stereocenters. The average Bonchev–Trinajstić information content (AvgIpc) is 2.69. The number of Topliss-reactive ketones (excluding diaryl/α,β-unsaturated/α-hetero) is 1. The quantitative estimate of drug-likeness (QED) is 0.554. The van der Waals surface area contributed by atoms with Crippen LogP contribution in [0, 0.1) is 0 Å². The summed E-state index contributed by atoms with van der Waals surface area (Å²) >= 11 is 1.54. The highest BCUT2D eigenvalue weighted by atomic mass is 32.1. The van der Waals surface area contributed by atoms with E-state index in [2.05, 4.69) is 39.9 Å². The van der Waals surface area contributed by atoms with Crippen LogP contribution >= 0.6 is 11.3 Å². The van der Waals surface area contributed by atoms with Gasteiger partial charge in [0.1, 0.15) is 5.75 Å². The third-order valence-corrected chi connectivity index (χ3v) is 9.57. The fraction of sp³-hybridized carbons (Fsp3) is 0.438. The van der Waals surface area contributed by atoms with Gasteiger partial charge in [-0.05, 0) is 54.7 Å². The smallest absolute Gasteiger partial charge is 0.250 e. The molecule has 2 rings (SSSR count). The van der Waals surface area contributed by atoms with Crippen LogP contribution in [0.1, 0.15) is 37.4 Å². The Kier molecular flexibility index (Phi) is 3.82. The maximum Gasteiger partial charge on any atom is 0.250 e. The van der Waals surface area contributed by atoms with E-state index in [1.807, 2.05) is 18.2 Å². The van der Waals surface area contributed by atoms with Crippen molar-refractivity contribution in [1.82, 2.24) is 0 Å². The van der Waals surface area contributed by atoms with Gasteiger partial charge >= 0.3 is 0 Å². The van der Waals surface area contributed by atoms with Crippen molar-refractivity contribution in [1.29, 1.82) is 0 Å². The van der Waals surface area contributed by atoms with Crippen LogP contribution in [0.5, 0.6) is 5.75 Å². The first-order valence-corrected chi connectivity index (χ1v) is 10.6. The summed E-state index contributed by atoms with van der Waals surface area (Å²) in [5.74, 6) is 1.04. The van der Waals surface area contributed by atoms with Gasteiger partial charge in [0.15, 0.2) is 5.78 Å². The predicted octanol–water partition coefficient (Wildman–Crippen LogP) is 5.49. The van der Waals surface area contributed by atoms with E-state index >= 15 is 0 Å². The first kappa shape index (κ1) is 15.3. The lowest BCUT2D eigenvalue weighted by Gasteiger charge is -2.36. The van der Waals surface area contributed by atoms with Crippen LogP contribution in [0.15, 0.2) is 24.3 Å². The van der Waals surface area contributed by atoms with Gasteiger partial charge < -0.3 is 4.43 Å². The van der Waals surface area contributed by atoms with Crippen LogP contribution in [-0.4, -0.2) is 14.1 Å². The summed E-state index contributed by atoms with van der Waals surface area (Å²) in [6.45, 7) is 12.8. The van der Waals surface area contributed by atoms with Crippen molar-refractivity contribution in [3.63, 3.8) is 0 Å². The minimum atomic E-state index is -1.81. The van der Waals surface area contributed by atoms with Crippen molar-refractivity contribution in [2.45, 2.75) is 45.8 Å². The molecule has 2 nitrogen and oxygen atoms in total. The Bertz CT molecular complexity index is 650. The maximum absolute atomic E-state index is 11.4. The molecule has 20 heavy (non-hydrogen) atoms. The van der Waals surface area contributed by atoms with Crippen molar-refractivity contribution in [3.8, 4) is 5.75 Å². The Morgan fingerprint density at radius 3 is 2.40 bits per heavy atom. The van der Waals surface area contributed by atoms with E-state index in [-0.39, 0.29) is 10.8 Å². The van der Waals surface area contributed by atoms with Crippen LogP contribution < -0.4 is 4.43 Å². The molecule has 0 fully saturated rings. The maximum atomic E-state index is 11.4. The zero-order valence-electron chi connectivity index (χ0n) is 13.0. The molecule has 0 saturated carbocycles. The number of benzene rings is 1. The van der Waals surface area contributed by atoms with Crippen LogP contribution in [0.2, 0.25) is 18.1 Å². The highest BCUT2D eigenvalue weighted by Gasteiger charge is 2.38. The van der Waals surface area contributed by atoms with E-state index in [1.165, 1.54) is 11.3 Å². The second kappa shape index (κ2) is 5.01. The van der Waals surface area contributed by atoms with E-state index < -0.39 is 8.32 Å². The molecule has 1 aromatic heterocycles. The molecule has 0 aliphatic rings. The molecule has 0 aliphatic heterocycles. The summed E-state index contributed by atoms with van der Waals surface area (Å²) in [6, 6.07) is 8.07. The second-order valence-electron chi connectivity index (χ2n) is 6.73. The van der Waals surface area contributed by atoms with E-state index in [9.17, 15) is 4.79 Å². The van der Waals surface area contributed by atoms with E-state index in [4.69, 9.17) is 4.43 Å². The van der Waals surface area contributed by atoms with Gasteiger partial charge in [-0.1, -0.05) is 20.8 Å². The molecule has 0 radical (unpaired) electrons. The third-order valence-electron chi connectivity index (χ3n) is 4.02. The predicted molar refractivity (Wildman–Crippen MR) is 89.7 cm³/mol. The normalized spacial score (nSPS) is 12.7. The third kappa shape index (κ3) is 2.96. The molecule has 0 amide bonds. The summed E-state index contributed by atoms with van der Waals surface area (Å²) < 4.78 is 7.42. The van der Waals surface area contributed by atoms with Crippen LogP contribution in [0.3, 0.4) is 0 Å². The molecular formula is C16H22O2SSi. The second-order valence-corrected chi connectivity index (χ2v) is 12.5. The summed E-state index contributed by atoms with van der Waals surface area (Å²) in [5.41, 5.74) is 0. The fourth-order valence-corrected chi connectivity index (χ4v) is 3.71. The number of thiophene rings is 1. The van der Waals surface area contributed by atoms with Gasteiger partial charge in [0.2, 0.25) is 8.32 Å². The number of carbonyl (C=O) groups excluding carboxylic acids is 1. The zero-order valence-corrected chi connectivity index (χ0v) is 14.9. The van der Waals surface area contributed by atoms with Crippen molar-refractivity contribution < 1.29 is 9.22 Å². The highest BCUT2D eigenvalue weighted by molar-refractivity contribution is 7.20. The lowest BCUT2D eigenvalue weighted by atomic mass is 10.2. The van der Waals surface area contributed by atoms with Gasteiger partial charge in [-0.2, -0.15) is 0 Å². The Morgan fingerprint density at radius 2 is 1.85 bits per heavy atom. The van der Waals surface area contributed by atoms with Gasteiger partial charge in [-0.25, -0.2) is 0 Å². The fourth-order valence-electron chi connectivity index (χ4n) is 1.70. The SMILES string of the molecule is CC(=O)c1cc2ccc(O[Si](C)(C)C(C)(C)C)cc2s1. The zero-order chi connectivity index (χ0) is 15.1. The number of carbonyl (C=O) groups is 1. The van der Waals surface area contributed by atoms with Gasteiger partial charge in [0, 0.05) is 4.70 Å².